The van der Waals surface area contributed by atoms with Crippen molar-refractivity contribution in [2.45, 2.75) is 55.0 Å². The normalized spacial score (nSPS) is 31.6. The van der Waals surface area contributed by atoms with Gasteiger partial charge in [-0.3, -0.25) is 0 Å². The van der Waals surface area contributed by atoms with Crippen molar-refractivity contribution in [1.82, 2.24) is 4.31 Å². The summed E-state index contributed by atoms with van der Waals surface area (Å²) in [7, 11) is -3.38. The van der Waals surface area contributed by atoms with Crippen LogP contribution in [0, 0.1) is 6.92 Å². The lowest BCUT2D eigenvalue weighted by Crippen LogP contribution is -2.46. The van der Waals surface area contributed by atoms with Gasteiger partial charge in [-0.05, 0) is 44.2 Å². The summed E-state index contributed by atoms with van der Waals surface area (Å²) in [5, 5.41) is 0.126. The molecule has 2 fully saturated rings. The molecular weight excluding hydrogens is 282 g/mol. The third kappa shape index (κ3) is 2.20. The largest absolute Gasteiger partial charge is 0.243 e. The van der Waals surface area contributed by atoms with Crippen molar-refractivity contribution >= 4 is 21.6 Å². The smallest absolute Gasteiger partial charge is 0.207 e. The van der Waals surface area contributed by atoms with Crippen molar-refractivity contribution < 1.29 is 8.42 Å². The minimum Gasteiger partial charge on any atom is -0.207 e. The van der Waals surface area contributed by atoms with Gasteiger partial charge in [0.1, 0.15) is 0 Å². The molecule has 0 aromatic heterocycles. The Morgan fingerprint density at radius 1 is 1.16 bits per heavy atom. The molecule has 3 nitrogen and oxygen atoms in total. The summed E-state index contributed by atoms with van der Waals surface area (Å²) < 4.78 is 27.4. The Morgan fingerprint density at radius 3 is 2.32 bits per heavy atom. The van der Waals surface area contributed by atoms with Crippen LogP contribution < -0.4 is 0 Å². The van der Waals surface area contributed by atoms with E-state index in [1.807, 2.05) is 19.1 Å². The van der Waals surface area contributed by atoms with Gasteiger partial charge in [0.25, 0.3) is 0 Å². The number of fused-ring (bicyclic) bond motifs is 2. The Bertz CT molecular complexity index is 573. The summed E-state index contributed by atoms with van der Waals surface area (Å²) in [6, 6.07) is 7.39. The van der Waals surface area contributed by atoms with Crippen LogP contribution in [-0.4, -0.2) is 30.2 Å². The number of halogens is 1. The zero-order chi connectivity index (χ0) is 13.6. The second kappa shape index (κ2) is 4.76. The molecule has 2 unspecified atom stereocenters. The van der Waals surface area contributed by atoms with Gasteiger partial charge in [-0.15, -0.1) is 11.6 Å². The average molecular weight is 300 g/mol. The third-order valence-electron chi connectivity index (χ3n) is 4.26. The van der Waals surface area contributed by atoms with E-state index in [9.17, 15) is 8.42 Å². The Kier molecular flexibility index (Phi) is 3.36. The zero-order valence-electron chi connectivity index (χ0n) is 10.9. The summed E-state index contributed by atoms with van der Waals surface area (Å²) >= 11 is 6.22. The SMILES string of the molecule is Cc1ccccc1S(=O)(=O)N1C2CCC1CC(Cl)C2. The van der Waals surface area contributed by atoms with Crippen LogP contribution in [0.5, 0.6) is 0 Å². The summed E-state index contributed by atoms with van der Waals surface area (Å²) in [6.07, 6.45) is 3.45. The third-order valence-corrected chi connectivity index (χ3v) is 6.78. The van der Waals surface area contributed by atoms with Crippen molar-refractivity contribution in [2.24, 2.45) is 0 Å². The molecule has 2 heterocycles. The fourth-order valence-electron chi connectivity index (χ4n) is 3.42. The van der Waals surface area contributed by atoms with Crippen molar-refractivity contribution in [1.29, 1.82) is 0 Å². The Labute approximate surface area is 119 Å². The molecule has 2 saturated heterocycles. The van der Waals surface area contributed by atoms with Gasteiger partial charge in [0.15, 0.2) is 0 Å². The Morgan fingerprint density at radius 2 is 1.74 bits per heavy atom. The average Bonchev–Trinajstić information content (AvgIpc) is 2.63. The summed E-state index contributed by atoms with van der Waals surface area (Å²) in [6.45, 7) is 1.85. The van der Waals surface area contributed by atoms with E-state index in [-0.39, 0.29) is 17.5 Å². The van der Waals surface area contributed by atoms with E-state index < -0.39 is 10.0 Å². The van der Waals surface area contributed by atoms with Crippen molar-refractivity contribution in [3.63, 3.8) is 0 Å². The van der Waals surface area contributed by atoms with E-state index in [0.717, 1.165) is 31.2 Å². The number of benzene rings is 1. The molecule has 0 spiro atoms. The molecule has 1 aromatic rings. The highest BCUT2D eigenvalue weighted by Crippen LogP contribution is 2.41. The molecule has 1 aromatic carbocycles. The van der Waals surface area contributed by atoms with Crippen LogP contribution in [0.3, 0.4) is 0 Å². The number of hydrogen-bond acceptors (Lipinski definition) is 2. The maximum atomic E-state index is 12.9. The first-order valence-electron chi connectivity index (χ1n) is 6.73. The van der Waals surface area contributed by atoms with E-state index in [0.29, 0.717) is 4.90 Å². The highest BCUT2D eigenvalue weighted by molar-refractivity contribution is 7.89. The predicted octanol–water partition coefficient (Wildman–Crippen LogP) is 2.92. The lowest BCUT2D eigenvalue weighted by Gasteiger charge is -2.36. The first-order valence-corrected chi connectivity index (χ1v) is 8.61. The first kappa shape index (κ1) is 13.4. The van der Waals surface area contributed by atoms with Crippen LogP contribution in [0.4, 0.5) is 0 Å². The number of piperidine rings is 1. The highest BCUT2D eigenvalue weighted by Gasteiger charge is 2.46. The maximum absolute atomic E-state index is 12.9. The maximum Gasteiger partial charge on any atom is 0.243 e. The van der Waals surface area contributed by atoms with Crippen LogP contribution in [-0.2, 0) is 10.0 Å². The molecule has 2 aliphatic heterocycles. The standard InChI is InChI=1S/C14H18ClNO2S/c1-10-4-2-3-5-14(10)19(17,18)16-12-6-7-13(16)9-11(15)8-12/h2-5,11-13H,6-9H2,1H3. The number of rotatable bonds is 2. The quantitative estimate of drug-likeness (QED) is 0.788. The Balaban J connectivity index is 2.01. The fourth-order valence-corrected chi connectivity index (χ4v) is 5.95. The van der Waals surface area contributed by atoms with Crippen LogP contribution in [0.15, 0.2) is 29.2 Å². The number of sulfonamides is 1. The van der Waals surface area contributed by atoms with Crippen molar-refractivity contribution in [2.75, 3.05) is 0 Å². The van der Waals surface area contributed by atoms with E-state index in [1.165, 1.54) is 0 Å². The molecule has 3 rings (SSSR count). The molecule has 2 atom stereocenters. The molecule has 0 amide bonds. The number of aryl methyl sites for hydroxylation is 1. The van der Waals surface area contributed by atoms with Crippen LogP contribution >= 0.6 is 11.6 Å². The van der Waals surface area contributed by atoms with Crippen LogP contribution in [0.1, 0.15) is 31.2 Å². The molecule has 2 bridgehead atoms. The van der Waals surface area contributed by atoms with E-state index in [2.05, 4.69) is 0 Å². The molecular formula is C14H18ClNO2S. The van der Waals surface area contributed by atoms with Crippen molar-refractivity contribution in [3.8, 4) is 0 Å². The predicted molar refractivity (Wildman–Crippen MR) is 75.9 cm³/mol. The van der Waals surface area contributed by atoms with Gasteiger partial charge in [-0.1, -0.05) is 18.2 Å². The monoisotopic (exact) mass is 299 g/mol. The van der Waals surface area contributed by atoms with Crippen molar-refractivity contribution in [3.05, 3.63) is 29.8 Å². The van der Waals surface area contributed by atoms with Gasteiger partial charge in [0.05, 0.1) is 4.90 Å². The number of hydrogen-bond donors (Lipinski definition) is 0. The van der Waals surface area contributed by atoms with Crippen LogP contribution in [0.25, 0.3) is 0 Å². The van der Waals surface area contributed by atoms with E-state index in [1.54, 1.807) is 16.4 Å². The molecule has 0 N–H and O–H groups in total. The first-order chi connectivity index (χ1) is 9.00. The van der Waals surface area contributed by atoms with Gasteiger partial charge in [-0.2, -0.15) is 4.31 Å². The molecule has 5 heteroatoms. The molecule has 2 aliphatic rings. The van der Waals surface area contributed by atoms with Gasteiger partial charge >= 0.3 is 0 Å². The van der Waals surface area contributed by atoms with E-state index >= 15 is 0 Å². The van der Waals surface area contributed by atoms with E-state index in [4.69, 9.17) is 11.6 Å². The second-order valence-electron chi connectivity index (χ2n) is 5.55. The summed E-state index contributed by atoms with van der Waals surface area (Å²) in [5.41, 5.74) is 0.815. The number of alkyl halides is 1. The van der Waals surface area contributed by atoms with Gasteiger partial charge in [-0.25, -0.2) is 8.42 Å². The summed E-state index contributed by atoms with van der Waals surface area (Å²) in [4.78, 5) is 0.444. The second-order valence-corrected chi connectivity index (χ2v) is 7.98. The molecule has 104 valence electrons. The minimum absolute atomic E-state index is 0.0888. The molecule has 0 saturated carbocycles. The summed E-state index contributed by atoms with van der Waals surface area (Å²) in [5.74, 6) is 0. The molecule has 0 aliphatic carbocycles. The lowest BCUT2D eigenvalue weighted by atomic mass is 10.1. The Hall–Kier alpha value is -0.580. The molecule has 19 heavy (non-hydrogen) atoms. The van der Waals surface area contributed by atoms with Gasteiger partial charge < -0.3 is 0 Å². The topological polar surface area (TPSA) is 37.4 Å². The number of nitrogens with zero attached hydrogens (tertiary/aromatic N) is 1. The minimum atomic E-state index is -3.38. The van der Waals surface area contributed by atoms with Gasteiger partial charge in [0, 0.05) is 17.5 Å². The lowest BCUT2D eigenvalue weighted by molar-refractivity contribution is 0.251. The van der Waals surface area contributed by atoms with Crippen LogP contribution in [0.2, 0.25) is 0 Å². The highest BCUT2D eigenvalue weighted by atomic mass is 35.5. The fraction of sp³-hybridized carbons (Fsp3) is 0.571. The zero-order valence-corrected chi connectivity index (χ0v) is 12.5. The molecule has 0 radical (unpaired) electrons. The van der Waals surface area contributed by atoms with Gasteiger partial charge in [0.2, 0.25) is 10.0 Å².